The van der Waals surface area contributed by atoms with Crippen molar-refractivity contribution in [3.8, 4) is 0 Å². The molecule has 2 nitrogen and oxygen atoms in total. The second-order valence-corrected chi connectivity index (χ2v) is 5.39. The van der Waals surface area contributed by atoms with Gasteiger partial charge in [-0.15, -0.1) is 0 Å². The first-order chi connectivity index (χ1) is 8.11. The van der Waals surface area contributed by atoms with Crippen LogP contribution in [0.25, 0.3) is 0 Å². The molecule has 0 saturated carbocycles. The van der Waals surface area contributed by atoms with Crippen molar-refractivity contribution in [2.24, 2.45) is 5.92 Å². The van der Waals surface area contributed by atoms with Crippen LogP contribution < -0.4 is 0 Å². The lowest BCUT2D eigenvalue weighted by Crippen LogP contribution is -2.33. The van der Waals surface area contributed by atoms with Crippen molar-refractivity contribution in [1.82, 2.24) is 4.90 Å². The molecule has 0 radical (unpaired) electrons. The van der Waals surface area contributed by atoms with Gasteiger partial charge in [0.25, 0.3) is 0 Å². The molecule has 0 unspecified atom stereocenters. The minimum absolute atomic E-state index is 0.354. The van der Waals surface area contributed by atoms with Crippen molar-refractivity contribution in [3.63, 3.8) is 0 Å². The van der Waals surface area contributed by atoms with E-state index in [0.717, 1.165) is 25.9 Å². The minimum Gasteiger partial charge on any atom is -0.343 e. The fourth-order valence-corrected chi connectivity index (χ4v) is 1.94. The van der Waals surface area contributed by atoms with E-state index < -0.39 is 0 Å². The zero-order chi connectivity index (χ0) is 13.1. The van der Waals surface area contributed by atoms with Crippen LogP contribution in [-0.2, 0) is 4.79 Å². The fourth-order valence-electron chi connectivity index (χ4n) is 1.94. The first-order valence-corrected chi connectivity index (χ1v) is 7.39. The standard InChI is InChI=1S/C15H31NO/c1-5-7-9-11-16(12-10-8-6-2)15(17)13-14(3)4/h14H,5-13H2,1-4H3. The SMILES string of the molecule is CCCCCN(CCCCC)C(=O)CC(C)C. The average Bonchev–Trinajstić information content (AvgIpc) is 2.26. The van der Waals surface area contributed by atoms with Gasteiger partial charge in [0, 0.05) is 19.5 Å². The Bertz CT molecular complexity index is 179. The second kappa shape index (κ2) is 10.6. The lowest BCUT2D eigenvalue weighted by molar-refractivity contribution is -0.132. The van der Waals surface area contributed by atoms with Crippen LogP contribution in [0, 0.1) is 5.92 Å². The molecule has 102 valence electrons. The molecular weight excluding hydrogens is 210 g/mol. The summed E-state index contributed by atoms with van der Waals surface area (Å²) in [7, 11) is 0. The molecule has 1 amide bonds. The summed E-state index contributed by atoms with van der Waals surface area (Å²) in [5, 5.41) is 0. The Morgan fingerprint density at radius 1 is 0.941 bits per heavy atom. The van der Waals surface area contributed by atoms with Gasteiger partial charge in [0.1, 0.15) is 0 Å². The van der Waals surface area contributed by atoms with Gasteiger partial charge in [0.2, 0.25) is 5.91 Å². The molecule has 0 aromatic rings. The molecule has 0 saturated heterocycles. The molecule has 0 aliphatic carbocycles. The van der Waals surface area contributed by atoms with Crippen LogP contribution in [0.3, 0.4) is 0 Å². The molecule has 0 N–H and O–H groups in total. The summed E-state index contributed by atoms with van der Waals surface area (Å²) in [4.78, 5) is 14.2. The fraction of sp³-hybridized carbons (Fsp3) is 0.933. The van der Waals surface area contributed by atoms with Gasteiger partial charge in [-0.1, -0.05) is 53.4 Å². The van der Waals surface area contributed by atoms with Crippen LogP contribution in [0.15, 0.2) is 0 Å². The predicted octanol–water partition coefficient (Wildman–Crippen LogP) is 4.24. The molecule has 0 fully saturated rings. The number of carbonyl (C=O) groups excluding carboxylic acids is 1. The first-order valence-electron chi connectivity index (χ1n) is 7.39. The average molecular weight is 241 g/mol. The molecule has 0 heterocycles. The van der Waals surface area contributed by atoms with Gasteiger partial charge in [0.05, 0.1) is 0 Å². The van der Waals surface area contributed by atoms with Crippen LogP contribution in [0.1, 0.15) is 72.6 Å². The second-order valence-electron chi connectivity index (χ2n) is 5.39. The highest BCUT2D eigenvalue weighted by molar-refractivity contribution is 5.76. The topological polar surface area (TPSA) is 20.3 Å². The summed E-state index contributed by atoms with van der Waals surface area (Å²) >= 11 is 0. The zero-order valence-corrected chi connectivity index (χ0v) is 12.3. The Morgan fingerprint density at radius 3 is 1.76 bits per heavy atom. The molecular formula is C15H31NO. The third-order valence-corrected chi connectivity index (χ3v) is 3.00. The number of carbonyl (C=O) groups is 1. The molecule has 0 atom stereocenters. The predicted molar refractivity (Wildman–Crippen MR) is 75.1 cm³/mol. The molecule has 0 spiro atoms. The number of amides is 1. The third-order valence-electron chi connectivity index (χ3n) is 3.00. The lowest BCUT2D eigenvalue weighted by atomic mass is 10.1. The van der Waals surface area contributed by atoms with Crippen LogP contribution in [-0.4, -0.2) is 23.9 Å². The summed E-state index contributed by atoms with van der Waals surface area (Å²) in [5.41, 5.74) is 0. The van der Waals surface area contributed by atoms with Crippen LogP contribution in [0.5, 0.6) is 0 Å². The summed E-state index contributed by atoms with van der Waals surface area (Å²) in [5.74, 6) is 0.828. The molecule has 2 heteroatoms. The van der Waals surface area contributed by atoms with E-state index in [-0.39, 0.29) is 0 Å². The molecule has 0 aromatic carbocycles. The Morgan fingerprint density at radius 2 is 1.41 bits per heavy atom. The van der Waals surface area contributed by atoms with Crippen molar-refractivity contribution in [2.45, 2.75) is 72.6 Å². The number of hydrogen-bond acceptors (Lipinski definition) is 1. The van der Waals surface area contributed by atoms with Crippen molar-refractivity contribution in [3.05, 3.63) is 0 Å². The highest BCUT2D eigenvalue weighted by atomic mass is 16.2. The maximum atomic E-state index is 12.1. The van der Waals surface area contributed by atoms with Gasteiger partial charge < -0.3 is 4.90 Å². The first kappa shape index (κ1) is 16.5. The maximum absolute atomic E-state index is 12.1. The number of rotatable bonds is 10. The van der Waals surface area contributed by atoms with E-state index in [9.17, 15) is 4.79 Å². The largest absolute Gasteiger partial charge is 0.343 e. The third kappa shape index (κ3) is 9.20. The summed E-state index contributed by atoms with van der Waals surface area (Å²) < 4.78 is 0. The summed E-state index contributed by atoms with van der Waals surface area (Å²) in [6.45, 7) is 10.6. The zero-order valence-electron chi connectivity index (χ0n) is 12.3. The molecule has 0 rings (SSSR count). The van der Waals surface area contributed by atoms with Crippen molar-refractivity contribution in [2.75, 3.05) is 13.1 Å². The molecule has 0 aliphatic rings. The van der Waals surface area contributed by atoms with Gasteiger partial charge in [-0.25, -0.2) is 0 Å². The van der Waals surface area contributed by atoms with E-state index in [0.29, 0.717) is 18.2 Å². The molecule has 0 aromatic heterocycles. The normalized spacial score (nSPS) is 10.9. The minimum atomic E-state index is 0.354. The van der Waals surface area contributed by atoms with Gasteiger partial charge >= 0.3 is 0 Å². The maximum Gasteiger partial charge on any atom is 0.222 e. The number of nitrogens with zero attached hydrogens (tertiary/aromatic N) is 1. The Kier molecular flexibility index (Phi) is 10.3. The van der Waals surface area contributed by atoms with E-state index in [4.69, 9.17) is 0 Å². The van der Waals surface area contributed by atoms with Gasteiger partial charge in [0.15, 0.2) is 0 Å². The van der Waals surface area contributed by atoms with Gasteiger partial charge in [-0.3, -0.25) is 4.79 Å². The van der Waals surface area contributed by atoms with Crippen molar-refractivity contribution < 1.29 is 4.79 Å². The van der Waals surface area contributed by atoms with Gasteiger partial charge in [-0.2, -0.15) is 0 Å². The van der Waals surface area contributed by atoms with E-state index in [1.54, 1.807) is 0 Å². The van der Waals surface area contributed by atoms with E-state index >= 15 is 0 Å². The van der Waals surface area contributed by atoms with E-state index in [2.05, 4.69) is 32.6 Å². The smallest absolute Gasteiger partial charge is 0.222 e. The van der Waals surface area contributed by atoms with Crippen molar-refractivity contribution in [1.29, 1.82) is 0 Å². The Balaban J connectivity index is 4.03. The lowest BCUT2D eigenvalue weighted by Gasteiger charge is -2.23. The van der Waals surface area contributed by atoms with Crippen LogP contribution in [0.4, 0.5) is 0 Å². The molecule has 0 aliphatic heterocycles. The van der Waals surface area contributed by atoms with E-state index in [1.807, 2.05) is 0 Å². The Labute approximate surface area is 108 Å². The van der Waals surface area contributed by atoms with E-state index in [1.165, 1.54) is 25.7 Å². The van der Waals surface area contributed by atoms with Crippen LogP contribution in [0.2, 0.25) is 0 Å². The van der Waals surface area contributed by atoms with Crippen molar-refractivity contribution >= 4 is 5.91 Å². The quantitative estimate of drug-likeness (QED) is 0.524. The number of hydrogen-bond donors (Lipinski definition) is 0. The molecule has 0 bridgehead atoms. The summed E-state index contributed by atoms with van der Waals surface area (Å²) in [6.07, 6.45) is 7.94. The van der Waals surface area contributed by atoms with Gasteiger partial charge in [-0.05, 0) is 18.8 Å². The van der Waals surface area contributed by atoms with Crippen LogP contribution >= 0.6 is 0 Å². The highest BCUT2D eigenvalue weighted by Crippen LogP contribution is 2.08. The monoisotopic (exact) mass is 241 g/mol. The highest BCUT2D eigenvalue weighted by Gasteiger charge is 2.13. The Hall–Kier alpha value is -0.530. The molecule has 17 heavy (non-hydrogen) atoms. The number of unbranched alkanes of at least 4 members (excludes halogenated alkanes) is 4. The summed E-state index contributed by atoms with van der Waals surface area (Å²) in [6, 6.07) is 0.